The number of rotatable bonds is 9. The average Bonchev–Trinajstić information content (AvgIpc) is 3.06. The number of aliphatic hydroxyl groups excluding tert-OH is 2. The number of hydrogen-bond donors (Lipinski definition) is 2. The van der Waals surface area contributed by atoms with Crippen LogP contribution < -0.4 is 34.7 Å². The molecule has 0 amide bonds. The number of carboxylic acids is 1. The van der Waals surface area contributed by atoms with Crippen LogP contribution in [0.5, 0.6) is 0 Å². The van der Waals surface area contributed by atoms with Crippen LogP contribution in [0.4, 0.5) is 0 Å². The van der Waals surface area contributed by atoms with Crippen LogP contribution in [-0.2, 0) is 9.53 Å². The van der Waals surface area contributed by atoms with Crippen molar-refractivity contribution in [1.82, 2.24) is 0 Å². The van der Waals surface area contributed by atoms with Crippen LogP contribution in [0.15, 0.2) is 36.1 Å². The van der Waals surface area contributed by atoms with E-state index in [4.69, 9.17) is 4.74 Å². The fourth-order valence-corrected chi connectivity index (χ4v) is 3.63. The van der Waals surface area contributed by atoms with Crippen molar-refractivity contribution in [2.45, 2.75) is 70.2 Å². The molecule has 0 aromatic carbocycles. The minimum absolute atomic E-state index is 0. The van der Waals surface area contributed by atoms with Crippen LogP contribution in [0.1, 0.15) is 51.9 Å². The Labute approximate surface area is 178 Å². The Morgan fingerprint density at radius 3 is 2.88 bits per heavy atom. The average molecular weight is 372 g/mol. The second kappa shape index (κ2) is 12.0. The molecule has 0 aromatic heterocycles. The molecule has 0 radical (unpaired) electrons. The zero-order chi connectivity index (χ0) is 18.2. The van der Waals surface area contributed by atoms with E-state index in [2.05, 4.69) is 6.92 Å². The number of aliphatic carboxylic acids is 1. The maximum absolute atomic E-state index is 10.4. The smallest absolute Gasteiger partial charge is 0.550 e. The van der Waals surface area contributed by atoms with Gasteiger partial charge in [-0.25, -0.2) is 0 Å². The molecular weight excluding hydrogens is 343 g/mol. The van der Waals surface area contributed by atoms with Crippen LogP contribution in [0.25, 0.3) is 0 Å². The summed E-state index contributed by atoms with van der Waals surface area (Å²) in [6, 6.07) is 0. The Kier molecular flexibility index (Phi) is 10.8. The van der Waals surface area contributed by atoms with E-state index >= 15 is 0 Å². The van der Waals surface area contributed by atoms with Crippen LogP contribution in [0, 0.1) is 11.8 Å². The SMILES string of the molecule is CC/C=C\C[C@H](O)/C=C/[C@@H]1[C@H]2C/C(=C/CCCC(=O)[O-])O[C@H]2C[C@H]1O.[Na+]. The molecule has 2 fully saturated rings. The molecular formula is C20H29NaO5. The van der Waals surface area contributed by atoms with E-state index in [-0.39, 0.29) is 53.9 Å². The van der Waals surface area contributed by atoms with Gasteiger partial charge in [0.2, 0.25) is 0 Å². The van der Waals surface area contributed by atoms with Gasteiger partial charge < -0.3 is 24.9 Å². The third-order valence-electron chi connectivity index (χ3n) is 4.92. The van der Waals surface area contributed by atoms with Crippen molar-refractivity contribution in [1.29, 1.82) is 0 Å². The predicted octanol–water partition coefficient (Wildman–Crippen LogP) is -1.15. The van der Waals surface area contributed by atoms with Gasteiger partial charge in [0.15, 0.2) is 0 Å². The van der Waals surface area contributed by atoms with Gasteiger partial charge in [-0.15, -0.1) is 0 Å². The number of allylic oxidation sites excluding steroid dienone is 3. The maximum atomic E-state index is 10.4. The summed E-state index contributed by atoms with van der Waals surface area (Å²) in [6.07, 6.45) is 12.9. The van der Waals surface area contributed by atoms with Gasteiger partial charge >= 0.3 is 29.6 Å². The molecule has 140 valence electrons. The molecule has 5 nitrogen and oxygen atoms in total. The van der Waals surface area contributed by atoms with Gasteiger partial charge in [0.25, 0.3) is 0 Å². The molecule has 0 spiro atoms. The quantitative estimate of drug-likeness (QED) is 0.303. The summed E-state index contributed by atoms with van der Waals surface area (Å²) in [5, 5.41) is 30.7. The summed E-state index contributed by atoms with van der Waals surface area (Å²) in [5.41, 5.74) is 0. The first-order chi connectivity index (χ1) is 12.0. The van der Waals surface area contributed by atoms with Crippen molar-refractivity contribution in [3.63, 3.8) is 0 Å². The number of unbranched alkanes of at least 4 members (excludes halogenated alkanes) is 1. The first-order valence-corrected chi connectivity index (χ1v) is 9.26. The van der Waals surface area contributed by atoms with Gasteiger partial charge in [0, 0.05) is 30.6 Å². The van der Waals surface area contributed by atoms with E-state index in [9.17, 15) is 20.1 Å². The number of carboxylic acid groups (broad SMARTS) is 1. The fourth-order valence-electron chi connectivity index (χ4n) is 3.63. The number of aliphatic hydroxyl groups is 2. The molecule has 26 heavy (non-hydrogen) atoms. The van der Waals surface area contributed by atoms with Crippen molar-refractivity contribution in [3.8, 4) is 0 Å². The largest absolute Gasteiger partial charge is 1.00 e. The molecule has 0 bridgehead atoms. The number of fused-ring (bicyclic) bond motifs is 1. The molecule has 1 aliphatic carbocycles. The molecule has 0 unspecified atom stereocenters. The Morgan fingerprint density at radius 2 is 2.19 bits per heavy atom. The third-order valence-corrected chi connectivity index (χ3v) is 4.92. The van der Waals surface area contributed by atoms with Crippen LogP contribution in [-0.4, -0.2) is 34.5 Å². The van der Waals surface area contributed by atoms with Crippen LogP contribution in [0.2, 0.25) is 0 Å². The molecule has 6 heteroatoms. The minimum Gasteiger partial charge on any atom is -0.550 e. The second-order valence-electron chi connectivity index (χ2n) is 6.91. The van der Waals surface area contributed by atoms with Crippen LogP contribution in [0.3, 0.4) is 0 Å². The molecule has 2 aliphatic rings. The van der Waals surface area contributed by atoms with Crippen molar-refractivity contribution in [2.75, 3.05) is 0 Å². The van der Waals surface area contributed by atoms with Crippen molar-refractivity contribution < 1.29 is 54.4 Å². The summed E-state index contributed by atoms with van der Waals surface area (Å²) in [6.45, 7) is 2.05. The molecule has 1 aliphatic heterocycles. The summed E-state index contributed by atoms with van der Waals surface area (Å²) in [4.78, 5) is 10.4. The number of carbonyl (C=O) groups is 1. The van der Waals surface area contributed by atoms with E-state index in [1.165, 1.54) is 0 Å². The molecule has 2 N–H and O–H groups in total. The van der Waals surface area contributed by atoms with E-state index in [1.807, 2.05) is 24.3 Å². The van der Waals surface area contributed by atoms with Gasteiger partial charge in [0.05, 0.1) is 18.0 Å². The summed E-state index contributed by atoms with van der Waals surface area (Å²) in [5.74, 6) is 0.0781. The van der Waals surface area contributed by atoms with Crippen molar-refractivity contribution in [3.05, 3.63) is 36.1 Å². The second-order valence-corrected chi connectivity index (χ2v) is 6.91. The fraction of sp³-hybridized carbons (Fsp3) is 0.650. The summed E-state index contributed by atoms with van der Waals surface area (Å²) < 4.78 is 5.91. The van der Waals surface area contributed by atoms with Gasteiger partial charge in [-0.2, -0.15) is 0 Å². The van der Waals surface area contributed by atoms with Gasteiger partial charge in [0.1, 0.15) is 6.10 Å². The summed E-state index contributed by atoms with van der Waals surface area (Å²) in [7, 11) is 0. The molecule has 1 saturated heterocycles. The molecule has 2 rings (SSSR count). The van der Waals surface area contributed by atoms with Gasteiger partial charge in [-0.05, 0) is 38.2 Å². The van der Waals surface area contributed by atoms with E-state index in [0.717, 1.165) is 18.6 Å². The van der Waals surface area contributed by atoms with E-state index in [0.29, 0.717) is 25.7 Å². The maximum Gasteiger partial charge on any atom is 1.00 e. The number of ether oxygens (including phenoxy) is 1. The van der Waals surface area contributed by atoms with E-state index < -0.39 is 18.2 Å². The Morgan fingerprint density at radius 1 is 1.42 bits per heavy atom. The Bertz CT molecular complexity index is 528. The zero-order valence-electron chi connectivity index (χ0n) is 15.8. The number of carbonyl (C=O) groups excluding carboxylic acids is 1. The first kappa shape index (κ1) is 23.4. The van der Waals surface area contributed by atoms with E-state index in [1.54, 1.807) is 6.08 Å². The molecule has 5 atom stereocenters. The van der Waals surface area contributed by atoms with Gasteiger partial charge in [-0.1, -0.05) is 31.2 Å². The van der Waals surface area contributed by atoms with Gasteiger partial charge in [-0.3, -0.25) is 0 Å². The zero-order valence-corrected chi connectivity index (χ0v) is 17.8. The number of hydrogen-bond acceptors (Lipinski definition) is 5. The molecule has 1 heterocycles. The normalized spacial score (nSPS) is 30.5. The third kappa shape index (κ3) is 7.20. The predicted molar refractivity (Wildman–Crippen MR) is 93.2 cm³/mol. The monoisotopic (exact) mass is 372 g/mol. The minimum atomic E-state index is -1.02. The first-order valence-electron chi connectivity index (χ1n) is 9.26. The molecule has 1 saturated carbocycles. The standard InChI is InChI=1S/C20H30O5.Na/c1-2-3-4-7-14(21)10-11-16-17-12-15(8-5-6-9-20(23)24)25-19(17)13-18(16)22;/h3-4,8,10-11,14,16-19,21-22H,2,5-7,9,12-13H2,1H3,(H,23,24);/q;+1/p-1/b4-3-,11-10+,15-8-;/t14-,16+,17+,18+,19-;/m0./s1. The topological polar surface area (TPSA) is 89.8 Å². The Hall–Kier alpha value is -0.590. The van der Waals surface area contributed by atoms with Crippen LogP contribution >= 0.6 is 0 Å². The Balaban J connectivity index is 0.00000338. The van der Waals surface area contributed by atoms with Crippen molar-refractivity contribution >= 4 is 5.97 Å². The molecule has 0 aromatic rings. The summed E-state index contributed by atoms with van der Waals surface area (Å²) >= 11 is 0. The van der Waals surface area contributed by atoms with Crippen molar-refractivity contribution in [2.24, 2.45) is 11.8 Å².